The molecule has 0 heterocycles. The van der Waals surface area contributed by atoms with Crippen molar-refractivity contribution >= 4 is 16.0 Å². The monoisotopic (exact) mass is 223 g/mol. The van der Waals surface area contributed by atoms with E-state index < -0.39 is 16.0 Å². The van der Waals surface area contributed by atoms with Crippen molar-refractivity contribution in [3.8, 4) is 0 Å². The van der Waals surface area contributed by atoms with Gasteiger partial charge in [0.25, 0.3) is 0 Å². The van der Waals surface area contributed by atoms with Crippen molar-refractivity contribution in [2.75, 3.05) is 12.5 Å². The highest BCUT2D eigenvalue weighted by Gasteiger charge is 2.12. The van der Waals surface area contributed by atoms with Crippen LogP contribution < -0.4 is 4.72 Å². The van der Waals surface area contributed by atoms with Crippen molar-refractivity contribution < 1.29 is 17.9 Å². The van der Waals surface area contributed by atoms with Gasteiger partial charge in [-0.2, -0.15) is 4.72 Å². The van der Waals surface area contributed by atoms with E-state index in [-0.39, 0.29) is 24.8 Å². The standard InChI is InChI=1S/C8H17NO4S/c1-4-8(10)13-6-9-14(11,12)5-7(2)3/h7,9H,4-6H2,1-3H3. The highest BCUT2D eigenvalue weighted by molar-refractivity contribution is 7.89. The Bertz CT molecular complexity index is 271. The zero-order valence-corrected chi connectivity index (χ0v) is 9.56. The molecule has 0 aromatic rings. The van der Waals surface area contributed by atoms with Gasteiger partial charge in [-0.25, -0.2) is 8.42 Å². The van der Waals surface area contributed by atoms with Gasteiger partial charge in [0.05, 0.1) is 5.75 Å². The van der Waals surface area contributed by atoms with Crippen LogP contribution in [0.25, 0.3) is 0 Å². The first kappa shape index (κ1) is 13.4. The lowest BCUT2D eigenvalue weighted by Crippen LogP contribution is -2.31. The minimum absolute atomic E-state index is 0.0384. The molecule has 0 aliphatic heterocycles. The highest BCUT2D eigenvalue weighted by Crippen LogP contribution is 1.97. The van der Waals surface area contributed by atoms with Crippen LogP contribution in [-0.2, 0) is 19.6 Å². The largest absolute Gasteiger partial charge is 0.449 e. The average Bonchev–Trinajstić information content (AvgIpc) is 2.01. The second kappa shape index (κ2) is 5.98. The molecule has 6 heteroatoms. The van der Waals surface area contributed by atoms with Crippen LogP contribution in [0.5, 0.6) is 0 Å². The maximum Gasteiger partial charge on any atom is 0.306 e. The molecule has 0 aromatic carbocycles. The van der Waals surface area contributed by atoms with Gasteiger partial charge in [-0.15, -0.1) is 0 Å². The molecule has 0 aliphatic carbocycles. The highest BCUT2D eigenvalue weighted by atomic mass is 32.2. The van der Waals surface area contributed by atoms with E-state index in [1.807, 2.05) is 0 Å². The summed E-state index contributed by atoms with van der Waals surface area (Å²) in [4.78, 5) is 10.7. The number of hydrogen-bond acceptors (Lipinski definition) is 4. The summed E-state index contributed by atoms with van der Waals surface area (Å²) in [5.74, 6) is -0.330. The zero-order chi connectivity index (χ0) is 11.2. The molecule has 0 fully saturated rings. The Morgan fingerprint density at radius 1 is 1.43 bits per heavy atom. The predicted octanol–water partition coefficient (Wildman–Crippen LogP) is 0.472. The molecule has 0 saturated carbocycles. The van der Waals surface area contributed by atoms with Gasteiger partial charge in [0.1, 0.15) is 0 Å². The molecule has 0 atom stereocenters. The van der Waals surface area contributed by atoms with Gasteiger partial charge in [-0.1, -0.05) is 20.8 Å². The lowest BCUT2D eigenvalue weighted by Gasteiger charge is -2.08. The van der Waals surface area contributed by atoms with Crippen molar-refractivity contribution in [2.45, 2.75) is 27.2 Å². The molecule has 0 rings (SSSR count). The summed E-state index contributed by atoms with van der Waals surface area (Å²) in [6.45, 7) is 4.97. The topological polar surface area (TPSA) is 72.5 Å². The zero-order valence-electron chi connectivity index (χ0n) is 8.74. The normalized spacial score (nSPS) is 11.7. The quantitative estimate of drug-likeness (QED) is 0.525. The molecule has 0 saturated heterocycles. The molecule has 0 spiro atoms. The summed E-state index contributed by atoms with van der Waals surface area (Å²) in [6.07, 6.45) is 0.242. The second-order valence-electron chi connectivity index (χ2n) is 3.33. The molecule has 0 aromatic heterocycles. The number of esters is 1. The number of carbonyl (C=O) groups excluding carboxylic acids is 1. The summed E-state index contributed by atoms with van der Waals surface area (Å²) in [5.41, 5.74) is 0. The van der Waals surface area contributed by atoms with Crippen molar-refractivity contribution in [3.05, 3.63) is 0 Å². The van der Waals surface area contributed by atoms with Gasteiger partial charge in [0, 0.05) is 6.42 Å². The van der Waals surface area contributed by atoms with Crippen LogP contribution in [0.15, 0.2) is 0 Å². The summed E-state index contributed by atoms with van der Waals surface area (Å²) >= 11 is 0. The molecule has 84 valence electrons. The molecule has 0 amide bonds. The number of rotatable bonds is 6. The maximum atomic E-state index is 11.2. The van der Waals surface area contributed by atoms with Crippen LogP contribution in [0.4, 0.5) is 0 Å². The third-order valence-electron chi connectivity index (χ3n) is 1.35. The minimum atomic E-state index is -3.31. The van der Waals surface area contributed by atoms with Gasteiger partial charge in [0.2, 0.25) is 10.0 Å². The number of ether oxygens (including phenoxy) is 1. The summed E-state index contributed by atoms with van der Waals surface area (Å²) < 4.78 is 29.2. The second-order valence-corrected chi connectivity index (χ2v) is 5.19. The lowest BCUT2D eigenvalue weighted by molar-refractivity contribution is -0.143. The van der Waals surface area contributed by atoms with Gasteiger partial charge < -0.3 is 4.74 Å². The molecule has 0 radical (unpaired) electrons. The van der Waals surface area contributed by atoms with E-state index in [0.29, 0.717) is 0 Å². The molecule has 0 aliphatic rings. The molecule has 14 heavy (non-hydrogen) atoms. The third-order valence-corrected chi connectivity index (χ3v) is 3.02. The van der Waals surface area contributed by atoms with Crippen LogP contribution in [0.3, 0.4) is 0 Å². The Morgan fingerprint density at radius 3 is 2.43 bits per heavy atom. The van der Waals surface area contributed by atoms with Gasteiger partial charge >= 0.3 is 5.97 Å². The number of hydrogen-bond donors (Lipinski definition) is 1. The fraction of sp³-hybridized carbons (Fsp3) is 0.875. The Labute approximate surface area is 84.9 Å². The molecule has 1 N–H and O–H groups in total. The van der Waals surface area contributed by atoms with E-state index in [9.17, 15) is 13.2 Å². The first-order valence-electron chi connectivity index (χ1n) is 4.50. The summed E-state index contributed by atoms with van der Waals surface area (Å²) in [5, 5.41) is 0. The average molecular weight is 223 g/mol. The molecular weight excluding hydrogens is 206 g/mol. The Kier molecular flexibility index (Phi) is 5.71. The lowest BCUT2D eigenvalue weighted by atomic mass is 10.3. The molecule has 0 unspecified atom stereocenters. The van der Waals surface area contributed by atoms with Crippen molar-refractivity contribution in [2.24, 2.45) is 5.92 Å². The number of carbonyl (C=O) groups is 1. The fourth-order valence-electron chi connectivity index (χ4n) is 0.800. The van der Waals surface area contributed by atoms with E-state index in [1.165, 1.54) is 0 Å². The molecule has 5 nitrogen and oxygen atoms in total. The Morgan fingerprint density at radius 2 is 2.00 bits per heavy atom. The van der Waals surface area contributed by atoms with E-state index >= 15 is 0 Å². The summed E-state index contributed by atoms with van der Waals surface area (Å²) in [7, 11) is -3.31. The smallest absolute Gasteiger partial charge is 0.306 e. The maximum absolute atomic E-state index is 11.2. The van der Waals surface area contributed by atoms with Crippen LogP contribution in [-0.4, -0.2) is 26.9 Å². The predicted molar refractivity (Wildman–Crippen MR) is 53.0 cm³/mol. The van der Waals surface area contributed by atoms with Crippen LogP contribution >= 0.6 is 0 Å². The van der Waals surface area contributed by atoms with E-state index in [2.05, 4.69) is 9.46 Å². The molecule has 0 bridgehead atoms. The number of sulfonamides is 1. The minimum Gasteiger partial charge on any atom is -0.449 e. The van der Waals surface area contributed by atoms with Crippen LogP contribution in [0.1, 0.15) is 27.2 Å². The van der Waals surface area contributed by atoms with Crippen molar-refractivity contribution in [3.63, 3.8) is 0 Å². The number of nitrogens with one attached hydrogen (secondary N) is 1. The van der Waals surface area contributed by atoms with Crippen molar-refractivity contribution in [1.82, 2.24) is 4.72 Å². The Hall–Kier alpha value is -0.620. The Balaban J connectivity index is 3.83. The first-order valence-corrected chi connectivity index (χ1v) is 6.15. The van der Waals surface area contributed by atoms with E-state index in [0.717, 1.165) is 0 Å². The van der Waals surface area contributed by atoms with Crippen LogP contribution in [0.2, 0.25) is 0 Å². The van der Waals surface area contributed by atoms with Gasteiger partial charge in [0.15, 0.2) is 6.73 Å². The summed E-state index contributed by atoms with van der Waals surface area (Å²) in [6, 6.07) is 0. The van der Waals surface area contributed by atoms with Crippen molar-refractivity contribution in [1.29, 1.82) is 0 Å². The third kappa shape index (κ3) is 6.85. The molecular formula is C8H17NO4S. The first-order chi connectivity index (χ1) is 6.37. The van der Waals surface area contributed by atoms with Crippen LogP contribution in [0, 0.1) is 5.92 Å². The van der Waals surface area contributed by atoms with E-state index in [4.69, 9.17) is 0 Å². The fourth-order valence-corrected chi connectivity index (χ4v) is 2.03. The van der Waals surface area contributed by atoms with E-state index in [1.54, 1.807) is 20.8 Å². The SMILES string of the molecule is CCC(=O)OCNS(=O)(=O)CC(C)C. The van der Waals surface area contributed by atoms with Gasteiger partial charge in [-0.3, -0.25) is 4.79 Å². The van der Waals surface area contributed by atoms with Gasteiger partial charge in [-0.05, 0) is 5.92 Å².